The number of hydrogen-bond acceptors (Lipinski definition) is 5. The molecule has 0 spiro atoms. The summed E-state index contributed by atoms with van der Waals surface area (Å²) < 4.78 is 5.50. The maximum Gasteiger partial charge on any atom is 0.258 e. The van der Waals surface area contributed by atoms with Gasteiger partial charge >= 0.3 is 0 Å². The van der Waals surface area contributed by atoms with Crippen molar-refractivity contribution in [3.05, 3.63) is 72.6 Å². The number of anilines is 3. The molecule has 0 unspecified atom stereocenters. The average Bonchev–Trinajstić information content (AvgIpc) is 2.65. The van der Waals surface area contributed by atoms with Crippen molar-refractivity contribution >= 4 is 23.2 Å². The van der Waals surface area contributed by atoms with Crippen molar-refractivity contribution in [3.8, 4) is 5.75 Å². The van der Waals surface area contributed by atoms with Crippen LogP contribution in [-0.2, 0) is 0 Å². The minimum Gasteiger partial charge on any atom is -0.492 e. The van der Waals surface area contributed by atoms with Gasteiger partial charge in [-0.25, -0.2) is 9.97 Å². The van der Waals surface area contributed by atoms with Crippen LogP contribution in [0, 0.1) is 0 Å². The Bertz CT molecular complexity index is 836. The SMILES string of the molecule is CCOc1ccccc1NC(=O)c1cnc(Nc2ccccc2)nc1. The van der Waals surface area contributed by atoms with Gasteiger partial charge in [0.15, 0.2) is 0 Å². The van der Waals surface area contributed by atoms with E-state index in [1.807, 2.05) is 55.5 Å². The van der Waals surface area contributed by atoms with E-state index in [0.717, 1.165) is 5.69 Å². The van der Waals surface area contributed by atoms with E-state index in [0.29, 0.717) is 29.6 Å². The molecule has 0 atom stereocenters. The van der Waals surface area contributed by atoms with Crippen molar-refractivity contribution in [1.29, 1.82) is 0 Å². The molecule has 0 aliphatic rings. The summed E-state index contributed by atoms with van der Waals surface area (Å²) in [5, 5.41) is 5.89. The second kappa shape index (κ2) is 7.92. The van der Waals surface area contributed by atoms with Gasteiger partial charge in [0.25, 0.3) is 5.91 Å². The first-order valence-electron chi connectivity index (χ1n) is 7.93. The second-order valence-electron chi connectivity index (χ2n) is 5.17. The topological polar surface area (TPSA) is 76.1 Å². The number of ether oxygens (including phenoxy) is 1. The van der Waals surface area contributed by atoms with Gasteiger partial charge < -0.3 is 15.4 Å². The molecule has 0 saturated carbocycles. The molecule has 3 rings (SSSR count). The van der Waals surface area contributed by atoms with Gasteiger partial charge in [-0.1, -0.05) is 30.3 Å². The smallest absolute Gasteiger partial charge is 0.258 e. The van der Waals surface area contributed by atoms with E-state index in [-0.39, 0.29) is 5.91 Å². The lowest BCUT2D eigenvalue weighted by Crippen LogP contribution is -2.14. The second-order valence-corrected chi connectivity index (χ2v) is 5.17. The number of hydrogen-bond donors (Lipinski definition) is 2. The average molecular weight is 334 g/mol. The van der Waals surface area contributed by atoms with Crippen LogP contribution >= 0.6 is 0 Å². The van der Waals surface area contributed by atoms with E-state index in [9.17, 15) is 4.79 Å². The molecule has 6 nitrogen and oxygen atoms in total. The Labute approximate surface area is 145 Å². The van der Waals surface area contributed by atoms with Crippen LogP contribution in [-0.4, -0.2) is 22.5 Å². The molecule has 0 aliphatic heterocycles. The third-order valence-electron chi connectivity index (χ3n) is 3.38. The summed E-state index contributed by atoms with van der Waals surface area (Å²) in [4.78, 5) is 20.7. The van der Waals surface area contributed by atoms with Gasteiger partial charge in [-0.2, -0.15) is 0 Å². The van der Waals surface area contributed by atoms with Crippen molar-refractivity contribution in [1.82, 2.24) is 9.97 Å². The van der Waals surface area contributed by atoms with Crippen molar-refractivity contribution in [2.24, 2.45) is 0 Å². The number of para-hydroxylation sites is 3. The number of nitrogens with one attached hydrogen (secondary N) is 2. The van der Waals surface area contributed by atoms with Crippen LogP contribution in [0.15, 0.2) is 67.0 Å². The minimum atomic E-state index is -0.293. The molecule has 1 heterocycles. The van der Waals surface area contributed by atoms with Crippen molar-refractivity contribution in [2.75, 3.05) is 17.2 Å². The molecular formula is C19H18N4O2. The van der Waals surface area contributed by atoms with E-state index in [4.69, 9.17) is 4.74 Å². The third kappa shape index (κ3) is 4.32. The summed E-state index contributed by atoms with van der Waals surface area (Å²) in [6.45, 7) is 2.42. The number of benzene rings is 2. The molecule has 2 N–H and O–H groups in total. The van der Waals surface area contributed by atoms with Crippen molar-refractivity contribution < 1.29 is 9.53 Å². The van der Waals surface area contributed by atoms with Crippen molar-refractivity contribution in [3.63, 3.8) is 0 Å². The van der Waals surface area contributed by atoms with Gasteiger partial charge in [-0.05, 0) is 31.2 Å². The highest BCUT2D eigenvalue weighted by atomic mass is 16.5. The lowest BCUT2D eigenvalue weighted by atomic mass is 10.2. The van der Waals surface area contributed by atoms with Crippen LogP contribution in [0.1, 0.15) is 17.3 Å². The zero-order chi connectivity index (χ0) is 17.5. The Balaban J connectivity index is 1.69. The van der Waals surface area contributed by atoms with Crippen LogP contribution in [0.5, 0.6) is 5.75 Å². The fourth-order valence-corrected chi connectivity index (χ4v) is 2.21. The number of rotatable bonds is 6. The molecule has 126 valence electrons. The molecule has 6 heteroatoms. The molecule has 0 aliphatic carbocycles. The molecule has 1 amide bonds. The number of carbonyl (C=O) groups is 1. The molecule has 0 saturated heterocycles. The maximum atomic E-state index is 12.4. The summed E-state index contributed by atoms with van der Waals surface area (Å²) in [7, 11) is 0. The van der Waals surface area contributed by atoms with Crippen LogP contribution < -0.4 is 15.4 Å². The Morgan fingerprint density at radius 2 is 1.68 bits per heavy atom. The van der Waals surface area contributed by atoms with Crippen LogP contribution in [0.4, 0.5) is 17.3 Å². The number of nitrogens with zero attached hydrogens (tertiary/aromatic N) is 2. The van der Waals surface area contributed by atoms with Crippen molar-refractivity contribution in [2.45, 2.75) is 6.92 Å². The molecule has 25 heavy (non-hydrogen) atoms. The van der Waals surface area contributed by atoms with Gasteiger partial charge in [0.05, 0.1) is 17.9 Å². The standard InChI is InChI=1S/C19H18N4O2/c1-2-25-17-11-7-6-10-16(17)23-18(24)14-12-20-19(21-13-14)22-15-8-4-3-5-9-15/h3-13H,2H2,1H3,(H,23,24)(H,20,21,22). The lowest BCUT2D eigenvalue weighted by Gasteiger charge is -2.11. The summed E-state index contributed by atoms with van der Waals surface area (Å²) in [6, 6.07) is 16.9. The summed E-state index contributed by atoms with van der Waals surface area (Å²) in [6.07, 6.45) is 2.97. The van der Waals surface area contributed by atoms with Gasteiger partial charge in [0.2, 0.25) is 5.95 Å². The van der Waals surface area contributed by atoms with E-state index < -0.39 is 0 Å². The van der Waals surface area contributed by atoms with Gasteiger partial charge in [0, 0.05) is 18.1 Å². The lowest BCUT2D eigenvalue weighted by molar-refractivity contribution is 0.102. The number of carbonyl (C=O) groups excluding carboxylic acids is 1. The van der Waals surface area contributed by atoms with E-state index in [1.54, 1.807) is 6.07 Å². The summed E-state index contributed by atoms with van der Waals surface area (Å²) >= 11 is 0. The molecule has 1 aromatic heterocycles. The molecule has 0 radical (unpaired) electrons. The fourth-order valence-electron chi connectivity index (χ4n) is 2.21. The zero-order valence-corrected chi connectivity index (χ0v) is 13.8. The normalized spacial score (nSPS) is 10.1. The first kappa shape index (κ1) is 16.4. The van der Waals surface area contributed by atoms with E-state index >= 15 is 0 Å². The Kier molecular flexibility index (Phi) is 5.21. The summed E-state index contributed by atoms with van der Waals surface area (Å²) in [5.41, 5.74) is 1.86. The van der Waals surface area contributed by atoms with Crippen LogP contribution in [0.2, 0.25) is 0 Å². The predicted octanol–water partition coefficient (Wildman–Crippen LogP) is 3.87. The largest absolute Gasteiger partial charge is 0.492 e. The van der Waals surface area contributed by atoms with Crippen LogP contribution in [0.3, 0.4) is 0 Å². The number of amides is 1. The molecule has 2 aromatic carbocycles. The molecule has 0 bridgehead atoms. The molecule has 3 aromatic rings. The first-order chi connectivity index (χ1) is 12.3. The minimum absolute atomic E-state index is 0.293. The van der Waals surface area contributed by atoms with E-state index in [1.165, 1.54) is 12.4 Å². The van der Waals surface area contributed by atoms with Gasteiger partial charge in [0.1, 0.15) is 5.75 Å². The zero-order valence-electron chi connectivity index (χ0n) is 13.8. The predicted molar refractivity (Wildman–Crippen MR) is 97.3 cm³/mol. The van der Waals surface area contributed by atoms with Crippen LogP contribution in [0.25, 0.3) is 0 Å². The maximum absolute atomic E-state index is 12.4. The fraction of sp³-hybridized carbons (Fsp3) is 0.105. The molecular weight excluding hydrogens is 316 g/mol. The number of aromatic nitrogens is 2. The van der Waals surface area contributed by atoms with Gasteiger partial charge in [-0.3, -0.25) is 4.79 Å². The van der Waals surface area contributed by atoms with Gasteiger partial charge in [-0.15, -0.1) is 0 Å². The van der Waals surface area contributed by atoms with E-state index in [2.05, 4.69) is 20.6 Å². The monoisotopic (exact) mass is 334 g/mol. The Morgan fingerprint density at radius 1 is 1.00 bits per heavy atom. The Morgan fingerprint density at radius 3 is 2.40 bits per heavy atom. The molecule has 0 fully saturated rings. The summed E-state index contributed by atoms with van der Waals surface area (Å²) in [5.74, 6) is 0.762. The third-order valence-corrected chi connectivity index (χ3v) is 3.38. The highest BCUT2D eigenvalue weighted by Gasteiger charge is 2.11. The highest BCUT2D eigenvalue weighted by molar-refractivity contribution is 6.04. The quantitative estimate of drug-likeness (QED) is 0.715. The first-order valence-corrected chi connectivity index (χ1v) is 7.93. The highest BCUT2D eigenvalue weighted by Crippen LogP contribution is 2.24. The Hall–Kier alpha value is -3.41.